The zero-order chi connectivity index (χ0) is 11.7. The Labute approximate surface area is 95.3 Å². The minimum Gasteiger partial charge on any atom is -0.504 e. The van der Waals surface area contributed by atoms with E-state index in [1.807, 2.05) is 30.7 Å². The minimum absolute atomic E-state index is 0.300. The van der Waals surface area contributed by atoms with Crippen LogP contribution in [0.1, 0.15) is 22.5 Å². The molecule has 0 spiro atoms. The molecule has 1 aromatic carbocycles. The lowest BCUT2D eigenvalue weighted by Gasteiger charge is -2.07. The Morgan fingerprint density at radius 3 is 2.44 bits per heavy atom. The highest BCUT2D eigenvalue weighted by Gasteiger charge is 2.10. The first-order chi connectivity index (χ1) is 7.59. The van der Waals surface area contributed by atoms with E-state index < -0.39 is 0 Å². The molecule has 1 N–H and O–H groups in total. The van der Waals surface area contributed by atoms with Gasteiger partial charge in [-0.2, -0.15) is 5.10 Å². The smallest absolute Gasteiger partial charge is 0.159 e. The van der Waals surface area contributed by atoms with Crippen molar-refractivity contribution >= 4 is 0 Å². The van der Waals surface area contributed by atoms with Crippen LogP contribution in [0.5, 0.6) is 5.75 Å². The van der Waals surface area contributed by atoms with Gasteiger partial charge in [-0.05, 0) is 31.9 Å². The fourth-order valence-electron chi connectivity index (χ4n) is 1.79. The number of hydrogen-bond acceptors (Lipinski definition) is 2. The number of rotatable bonds is 2. The normalized spacial score (nSPS) is 10.7. The van der Waals surface area contributed by atoms with Gasteiger partial charge in [0.2, 0.25) is 0 Å². The van der Waals surface area contributed by atoms with Crippen molar-refractivity contribution in [2.75, 3.05) is 0 Å². The second-order valence-electron chi connectivity index (χ2n) is 4.10. The van der Waals surface area contributed by atoms with Gasteiger partial charge in [-0.25, -0.2) is 0 Å². The van der Waals surface area contributed by atoms with Gasteiger partial charge in [0.05, 0.1) is 12.2 Å². The molecule has 2 rings (SSSR count). The summed E-state index contributed by atoms with van der Waals surface area (Å²) < 4.78 is 1.84. The van der Waals surface area contributed by atoms with E-state index in [1.165, 1.54) is 11.1 Å². The summed E-state index contributed by atoms with van der Waals surface area (Å²) in [6.45, 7) is 6.49. The molecule has 3 nitrogen and oxygen atoms in total. The van der Waals surface area contributed by atoms with Gasteiger partial charge in [0.15, 0.2) is 5.75 Å². The van der Waals surface area contributed by atoms with Crippen molar-refractivity contribution in [1.82, 2.24) is 9.78 Å². The monoisotopic (exact) mass is 216 g/mol. The van der Waals surface area contributed by atoms with Crippen molar-refractivity contribution in [2.24, 2.45) is 0 Å². The number of benzene rings is 1. The van der Waals surface area contributed by atoms with Crippen molar-refractivity contribution < 1.29 is 5.11 Å². The van der Waals surface area contributed by atoms with E-state index in [4.69, 9.17) is 0 Å². The van der Waals surface area contributed by atoms with Gasteiger partial charge in [0.25, 0.3) is 0 Å². The molecule has 0 saturated heterocycles. The highest BCUT2D eigenvalue weighted by molar-refractivity contribution is 5.32. The molecule has 0 aliphatic carbocycles. The van der Waals surface area contributed by atoms with Gasteiger partial charge in [0, 0.05) is 0 Å². The van der Waals surface area contributed by atoms with Gasteiger partial charge in [-0.3, -0.25) is 4.68 Å². The Balaban J connectivity index is 2.34. The maximum atomic E-state index is 9.69. The molecule has 0 aliphatic rings. The lowest BCUT2D eigenvalue weighted by atomic mass is 10.1. The molecule has 0 saturated carbocycles. The predicted octanol–water partition coefficient (Wildman–Crippen LogP) is 2.56. The van der Waals surface area contributed by atoms with Crippen LogP contribution in [-0.4, -0.2) is 14.9 Å². The lowest BCUT2D eigenvalue weighted by molar-refractivity contribution is 0.465. The maximum absolute atomic E-state index is 9.69. The lowest BCUT2D eigenvalue weighted by Crippen LogP contribution is -2.05. The van der Waals surface area contributed by atoms with E-state index in [0.29, 0.717) is 18.0 Å². The Kier molecular flexibility index (Phi) is 2.69. The van der Waals surface area contributed by atoms with E-state index in [2.05, 4.69) is 24.2 Å². The van der Waals surface area contributed by atoms with Crippen LogP contribution in [0.15, 0.2) is 24.3 Å². The molecule has 0 radical (unpaired) electrons. The minimum atomic E-state index is 0.300. The van der Waals surface area contributed by atoms with Crippen LogP contribution in [0.25, 0.3) is 0 Å². The van der Waals surface area contributed by atoms with Crippen LogP contribution in [0, 0.1) is 20.8 Å². The summed E-state index contributed by atoms with van der Waals surface area (Å²) in [7, 11) is 0. The van der Waals surface area contributed by atoms with E-state index in [0.717, 1.165) is 5.69 Å². The zero-order valence-corrected chi connectivity index (χ0v) is 9.86. The van der Waals surface area contributed by atoms with Crippen LogP contribution < -0.4 is 0 Å². The zero-order valence-electron chi connectivity index (χ0n) is 9.86. The summed E-state index contributed by atoms with van der Waals surface area (Å²) in [4.78, 5) is 0. The SMILES string of the molecule is Cc1ccccc1Cn1nc(C)c(O)c1C. The number of aromatic nitrogens is 2. The molecule has 84 valence electrons. The molecular formula is C13H16N2O. The number of nitrogens with zero attached hydrogens (tertiary/aromatic N) is 2. The largest absolute Gasteiger partial charge is 0.504 e. The Hall–Kier alpha value is -1.77. The number of aromatic hydroxyl groups is 1. The van der Waals surface area contributed by atoms with Crippen molar-refractivity contribution in [2.45, 2.75) is 27.3 Å². The summed E-state index contributed by atoms with van der Waals surface area (Å²) in [5, 5.41) is 14.0. The van der Waals surface area contributed by atoms with Crippen LogP contribution in [0.3, 0.4) is 0 Å². The van der Waals surface area contributed by atoms with Crippen molar-refractivity contribution in [3.8, 4) is 5.75 Å². The first-order valence-corrected chi connectivity index (χ1v) is 5.37. The molecule has 3 heteroatoms. The van der Waals surface area contributed by atoms with Crippen LogP contribution in [-0.2, 0) is 6.54 Å². The summed E-state index contributed by atoms with van der Waals surface area (Å²) in [5.74, 6) is 0.300. The first-order valence-electron chi connectivity index (χ1n) is 5.37. The second-order valence-corrected chi connectivity index (χ2v) is 4.10. The highest BCUT2D eigenvalue weighted by atomic mass is 16.3. The maximum Gasteiger partial charge on any atom is 0.159 e. The number of hydrogen-bond donors (Lipinski definition) is 1. The topological polar surface area (TPSA) is 38.0 Å². The van der Waals surface area contributed by atoms with Gasteiger partial charge >= 0.3 is 0 Å². The summed E-state index contributed by atoms with van der Waals surface area (Å²) in [6.07, 6.45) is 0. The molecule has 0 atom stereocenters. The van der Waals surface area contributed by atoms with Gasteiger partial charge in [-0.1, -0.05) is 24.3 Å². The molecule has 1 heterocycles. The third kappa shape index (κ3) is 1.81. The molecule has 0 bridgehead atoms. The molecule has 0 amide bonds. The third-order valence-electron chi connectivity index (χ3n) is 2.92. The Morgan fingerprint density at radius 2 is 1.88 bits per heavy atom. The van der Waals surface area contributed by atoms with Crippen LogP contribution >= 0.6 is 0 Å². The second kappa shape index (κ2) is 4.00. The summed E-state index contributed by atoms with van der Waals surface area (Å²) in [6, 6.07) is 8.22. The quantitative estimate of drug-likeness (QED) is 0.837. The van der Waals surface area contributed by atoms with Crippen molar-refractivity contribution in [1.29, 1.82) is 0 Å². The predicted molar refractivity (Wildman–Crippen MR) is 63.6 cm³/mol. The van der Waals surface area contributed by atoms with Gasteiger partial charge in [0.1, 0.15) is 5.69 Å². The number of aryl methyl sites for hydroxylation is 2. The highest BCUT2D eigenvalue weighted by Crippen LogP contribution is 2.21. The molecule has 0 fully saturated rings. The molecule has 0 aliphatic heterocycles. The van der Waals surface area contributed by atoms with Crippen LogP contribution in [0.4, 0.5) is 0 Å². The Morgan fingerprint density at radius 1 is 1.19 bits per heavy atom. The molecule has 0 unspecified atom stereocenters. The molecular weight excluding hydrogens is 200 g/mol. The van der Waals surface area contributed by atoms with Crippen LogP contribution in [0.2, 0.25) is 0 Å². The van der Waals surface area contributed by atoms with E-state index in [1.54, 1.807) is 0 Å². The van der Waals surface area contributed by atoms with Gasteiger partial charge < -0.3 is 5.11 Å². The van der Waals surface area contributed by atoms with Gasteiger partial charge in [-0.15, -0.1) is 0 Å². The Bertz CT molecular complexity index is 515. The fraction of sp³-hybridized carbons (Fsp3) is 0.308. The van der Waals surface area contributed by atoms with E-state index >= 15 is 0 Å². The molecule has 16 heavy (non-hydrogen) atoms. The van der Waals surface area contributed by atoms with E-state index in [-0.39, 0.29) is 0 Å². The molecule has 1 aromatic heterocycles. The fourth-order valence-corrected chi connectivity index (χ4v) is 1.79. The third-order valence-corrected chi connectivity index (χ3v) is 2.92. The average molecular weight is 216 g/mol. The van der Waals surface area contributed by atoms with Crippen molar-refractivity contribution in [3.63, 3.8) is 0 Å². The molecule has 2 aromatic rings. The summed E-state index contributed by atoms with van der Waals surface area (Å²) >= 11 is 0. The summed E-state index contributed by atoms with van der Waals surface area (Å²) in [5.41, 5.74) is 3.98. The average Bonchev–Trinajstić information content (AvgIpc) is 2.50. The standard InChI is InChI=1S/C13H16N2O/c1-9-6-4-5-7-12(9)8-15-11(3)13(16)10(2)14-15/h4-7,16H,8H2,1-3H3. The van der Waals surface area contributed by atoms with E-state index in [9.17, 15) is 5.11 Å². The van der Waals surface area contributed by atoms with Crippen molar-refractivity contribution in [3.05, 3.63) is 46.8 Å². The first kappa shape index (κ1) is 10.7.